The zero-order valence-electron chi connectivity index (χ0n) is 14.9. The molecule has 1 saturated heterocycles. The molecule has 144 valence electrons. The van der Waals surface area contributed by atoms with Crippen molar-refractivity contribution in [2.24, 2.45) is 0 Å². The fourth-order valence-electron chi connectivity index (χ4n) is 3.03. The predicted molar refractivity (Wildman–Crippen MR) is 105 cm³/mol. The smallest absolute Gasteiger partial charge is 0.255 e. The number of hydrogen-bond acceptors (Lipinski definition) is 4. The Morgan fingerprint density at radius 1 is 1.11 bits per heavy atom. The lowest BCUT2D eigenvalue weighted by molar-refractivity contribution is 0.102. The van der Waals surface area contributed by atoms with E-state index in [-0.39, 0.29) is 16.2 Å². The number of methoxy groups -OCH3 is 1. The molecule has 2 aromatic rings. The number of amides is 1. The fraction of sp³-hybridized carbons (Fsp3) is 0.316. The quantitative estimate of drug-likeness (QED) is 0.816. The Morgan fingerprint density at radius 3 is 2.52 bits per heavy atom. The molecule has 2 aromatic carbocycles. The van der Waals surface area contributed by atoms with Crippen LogP contribution >= 0.6 is 11.6 Å². The van der Waals surface area contributed by atoms with Crippen molar-refractivity contribution < 1.29 is 17.9 Å². The van der Waals surface area contributed by atoms with Crippen LogP contribution in [0, 0.1) is 0 Å². The van der Waals surface area contributed by atoms with Crippen molar-refractivity contribution in [3.63, 3.8) is 0 Å². The number of nitrogens with zero attached hydrogens (tertiary/aromatic N) is 1. The zero-order valence-corrected chi connectivity index (χ0v) is 16.5. The average Bonchev–Trinajstić information content (AvgIpc) is 2.68. The van der Waals surface area contributed by atoms with E-state index in [2.05, 4.69) is 5.32 Å². The first-order valence-electron chi connectivity index (χ1n) is 8.67. The summed E-state index contributed by atoms with van der Waals surface area (Å²) in [5, 5.41) is 3.22. The maximum atomic E-state index is 13.0. The highest BCUT2D eigenvalue weighted by Gasteiger charge is 2.29. The topological polar surface area (TPSA) is 75.7 Å². The van der Waals surface area contributed by atoms with Gasteiger partial charge in [-0.25, -0.2) is 8.42 Å². The van der Waals surface area contributed by atoms with Crippen LogP contribution in [-0.4, -0.2) is 38.8 Å². The van der Waals surface area contributed by atoms with Gasteiger partial charge in [-0.05, 0) is 49.2 Å². The van der Waals surface area contributed by atoms with Gasteiger partial charge in [-0.1, -0.05) is 24.1 Å². The molecular formula is C19H21ClN2O4S. The molecule has 27 heavy (non-hydrogen) atoms. The van der Waals surface area contributed by atoms with E-state index in [9.17, 15) is 13.2 Å². The molecule has 1 fully saturated rings. The molecule has 0 spiro atoms. The highest BCUT2D eigenvalue weighted by molar-refractivity contribution is 7.89. The zero-order chi connectivity index (χ0) is 19.4. The van der Waals surface area contributed by atoms with Gasteiger partial charge >= 0.3 is 0 Å². The number of benzene rings is 2. The second-order valence-electron chi connectivity index (χ2n) is 6.29. The monoisotopic (exact) mass is 408 g/mol. The third-order valence-corrected chi connectivity index (χ3v) is 6.60. The van der Waals surface area contributed by atoms with Crippen LogP contribution in [0.3, 0.4) is 0 Å². The number of carbonyl (C=O) groups is 1. The second-order valence-corrected chi connectivity index (χ2v) is 8.64. The Labute approximate surface area is 164 Å². The summed E-state index contributed by atoms with van der Waals surface area (Å²) >= 11 is 5.93. The van der Waals surface area contributed by atoms with Gasteiger partial charge in [0.25, 0.3) is 5.91 Å². The van der Waals surface area contributed by atoms with Crippen LogP contribution in [0.25, 0.3) is 0 Å². The molecule has 1 heterocycles. The molecule has 0 radical (unpaired) electrons. The molecule has 1 aliphatic rings. The van der Waals surface area contributed by atoms with Gasteiger partial charge < -0.3 is 10.1 Å². The minimum atomic E-state index is -3.73. The third kappa shape index (κ3) is 4.43. The summed E-state index contributed by atoms with van der Waals surface area (Å²) in [7, 11) is -2.32. The molecule has 1 amide bonds. The van der Waals surface area contributed by atoms with Crippen LogP contribution in [0.5, 0.6) is 5.75 Å². The molecule has 6 nitrogen and oxygen atoms in total. The lowest BCUT2D eigenvalue weighted by Crippen LogP contribution is -2.35. The maximum Gasteiger partial charge on any atom is 0.255 e. The summed E-state index contributed by atoms with van der Waals surface area (Å²) in [4.78, 5) is 12.6. The van der Waals surface area contributed by atoms with Crippen LogP contribution in [0.15, 0.2) is 47.4 Å². The summed E-state index contributed by atoms with van der Waals surface area (Å²) < 4.78 is 32.8. The van der Waals surface area contributed by atoms with E-state index >= 15 is 0 Å². The molecule has 0 aliphatic carbocycles. The van der Waals surface area contributed by atoms with E-state index in [1.807, 2.05) is 0 Å². The molecule has 8 heteroatoms. The number of rotatable bonds is 5. The predicted octanol–water partition coefficient (Wildman–Crippen LogP) is 3.78. The Morgan fingerprint density at radius 2 is 1.85 bits per heavy atom. The summed E-state index contributed by atoms with van der Waals surface area (Å²) in [5.41, 5.74) is 0.759. The largest absolute Gasteiger partial charge is 0.495 e. The van der Waals surface area contributed by atoms with Crippen molar-refractivity contribution in [1.29, 1.82) is 0 Å². The van der Waals surface area contributed by atoms with Crippen molar-refractivity contribution in [3.8, 4) is 5.75 Å². The summed E-state index contributed by atoms with van der Waals surface area (Å²) in [6.45, 7) is 0.953. The van der Waals surface area contributed by atoms with Crippen molar-refractivity contribution in [2.45, 2.75) is 24.2 Å². The van der Waals surface area contributed by atoms with Gasteiger partial charge in [-0.15, -0.1) is 0 Å². The lowest BCUT2D eigenvalue weighted by Gasteiger charge is -2.26. The summed E-state index contributed by atoms with van der Waals surface area (Å²) in [5.74, 6) is -0.199. The van der Waals surface area contributed by atoms with E-state index in [0.29, 0.717) is 23.8 Å². The fourth-order valence-corrected chi connectivity index (χ4v) is 4.92. The van der Waals surface area contributed by atoms with Crippen molar-refractivity contribution in [2.75, 3.05) is 25.5 Å². The van der Waals surface area contributed by atoms with Gasteiger partial charge in [0.15, 0.2) is 0 Å². The average molecular weight is 409 g/mol. The van der Waals surface area contributed by atoms with E-state index in [4.69, 9.17) is 16.3 Å². The molecule has 0 saturated carbocycles. The molecule has 3 rings (SSSR count). The van der Waals surface area contributed by atoms with Crippen molar-refractivity contribution in [3.05, 3.63) is 53.1 Å². The maximum absolute atomic E-state index is 13.0. The van der Waals surface area contributed by atoms with Crippen LogP contribution in [-0.2, 0) is 10.0 Å². The highest BCUT2D eigenvalue weighted by atomic mass is 35.5. The third-order valence-electron chi connectivity index (χ3n) is 4.44. The molecular weight excluding hydrogens is 388 g/mol. The number of sulfonamides is 1. The van der Waals surface area contributed by atoms with Crippen LogP contribution in [0.1, 0.15) is 29.6 Å². The molecule has 1 aliphatic heterocycles. The number of hydrogen-bond donors (Lipinski definition) is 1. The van der Waals surface area contributed by atoms with Crippen LogP contribution in [0.2, 0.25) is 5.02 Å². The second kappa shape index (κ2) is 8.29. The van der Waals surface area contributed by atoms with E-state index < -0.39 is 15.9 Å². The highest BCUT2D eigenvalue weighted by Crippen LogP contribution is 2.30. The standard InChI is InChI=1S/C19H21ClN2O4S/c1-26-17-9-8-14(19(23)21-16-7-5-6-15(20)13-16)12-18(17)27(24,25)22-10-3-2-4-11-22/h5-9,12-13H,2-4,10-11H2,1H3,(H,21,23). The number of anilines is 1. The Balaban J connectivity index is 1.92. The number of halogens is 1. The molecule has 0 atom stereocenters. The number of nitrogens with one attached hydrogen (secondary N) is 1. The minimum Gasteiger partial charge on any atom is -0.495 e. The van der Waals surface area contributed by atoms with E-state index in [1.54, 1.807) is 24.3 Å². The van der Waals surface area contributed by atoms with E-state index in [1.165, 1.54) is 29.6 Å². The van der Waals surface area contributed by atoms with Gasteiger partial charge in [0.1, 0.15) is 10.6 Å². The van der Waals surface area contributed by atoms with Gasteiger partial charge in [-0.2, -0.15) is 4.31 Å². The van der Waals surface area contributed by atoms with Crippen molar-refractivity contribution >= 4 is 33.2 Å². The SMILES string of the molecule is COc1ccc(C(=O)Nc2cccc(Cl)c2)cc1S(=O)(=O)N1CCCCC1. The number of carbonyl (C=O) groups excluding carboxylic acids is 1. The van der Waals surface area contributed by atoms with Crippen LogP contribution in [0.4, 0.5) is 5.69 Å². The summed E-state index contributed by atoms with van der Waals surface area (Å²) in [6, 6.07) is 11.2. The first-order valence-corrected chi connectivity index (χ1v) is 10.5. The Bertz CT molecular complexity index is 940. The Hall–Kier alpha value is -2.09. The van der Waals surface area contributed by atoms with Gasteiger partial charge in [-0.3, -0.25) is 4.79 Å². The van der Waals surface area contributed by atoms with Gasteiger partial charge in [0.2, 0.25) is 10.0 Å². The Kier molecular flexibility index (Phi) is 6.04. The lowest BCUT2D eigenvalue weighted by atomic mass is 10.2. The van der Waals surface area contributed by atoms with Crippen LogP contribution < -0.4 is 10.1 Å². The van der Waals surface area contributed by atoms with Gasteiger partial charge in [0, 0.05) is 29.4 Å². The molecule has 0 aromatic heterocycles. The normalized spacial score (nSPS) is 15.3. The first kappa shape index (κ1) is 19.7. The molecule has 0 unspecified atom stereocenters. The van der Waals surface area contributed by atoms with Gasteiger partial charge in [0.05, 0.1) is 7.11 Å². The minimum absolute atomic E-state index is 0.00523. The number of ether oxygens (including phenoxy) is 1. The van der Waals surface area contributed by atoms with E-state index in [0.717, 1.165) is 19.3 Å². The molecule has 1 N–H and O–H groups in total. The number of piperidine rings is 1. The first-order chi connectivity index (χ1) is 12.9. The summed E-state index contributed by atoms with van der Waals surface area (Å²) in [6.07, 6.45) is 2.68. The molecule has 0 bridgehead atoms. The van der Waals surface area contributed by atoms with Crippen molar-refractivity contribution in [1.82, 2.24) is 4.31 Å².